The summed E-state index contributed by atoms with van der Waals surface area (Å²) in [6.07, 6.45) is 4.53. The van der Waals surface area contributed by atoms with E-state index in [4.69, 9.17) is 15.5 Å². The van der Waals surface area contributed by atoms with Gasteiger partial charge in [0.05, 0.1) is 35.4 Å². The molecule has 13 heteroatoms. The van der Waals surface area contributed by atoms with Gasteiger partial charge >= 0.3 is 0 Å². The second kappa shape index (κ2) is 10.4. The summed E-state index contributed by atoms with van der Waals surface area (Å²) in [7, 11) is 0. The van der Waals surface area contributed by atoms with Crippen molar-refractivity contribution >= 4 is 49.2 Å². The van der Waals surface area contributed by atoms with Crippen LogP contribution >= 0.6 is 11.3 Å². The molecule has 0 radical (unpaired) electrons. The SMILES string of the molecule is CC(=O)N1CCCN([C@@H]2CCN(c3ncc4c5c(c(-c6ncc(F)c7sc(N)c(C#N)c67)c(F)c4n3)COC5)C2)CC1. The lowest BCUT2D eigenvalue weighted by atomic mass is 9.94. The monoisotopic (exact) mass is 590 g/mol. The topological polar surface area (TPSA) is 124 Å². The van der Waals surface area contributed by atoms with Gasteiger partial charge < -0.3 is 20.3 Å². The molecule has 216 valence electrons. The first-order chi connectivity index (χ1) is 20.4. The van der Waals surface area contributed by atoms with Crippen LogP contribution in [0.2, 0.25) is 0 Å². The van der Waals surface area contributed by atoms with Crippen molar-refractivity contribution in [1.29, 1.82) is 5.26 Å². The second-order valence-corrected chi connectivity index (χ2v) is 12.0. The van der Waals surface area contributed by atoms with Crippen LogP contribution in [0.15, 0.2) is 12.4 Å². The van der Waals surface area contributed by atoms with Gasteiger partial charge in [-0.15, -0.1) is 11.3 Å². The zero-order valence-corrected chi connectivity index (χ0v) is 23.8. The molecule has 3 aromatic heterocycles. The highest BCUT2D eigenvalue weighted by molar-refractivity contribution is 7.23. The Kier molecular flexibility index (Phi) is 6.64. The number of fused-ring (bicyclic) bond motifs is 4. The number of halogens is 2. The van der Waals surface area contributed by atoms with Crippen LogP contribution in [0, 0.1) is 23.0 Å². The van der Waals surface area contributed by atoms with E-state index in [0.717, 1.165) is 62.1 Å². The largest absolute Gasteiger partial charge is 0.389 e. The molecule has 0 saturated carbocycles. The predicted molar refractivity (Wildman–Crippen MR) is 155 cm³/mol. The van der Waals surface area contributed by atoms with Crippen LogP contribution in [-0.2, 0) is 22.7 Å². The van der Waals surface area contributed by atoms with Crippen molar-refractivity contribution < 1.29 is 18.3 Å². The summed E-state index contributed by atoms with van der Waals surface area (Å²) in [5.74, 6) is -0.688. The van der Waals surface area contributed by atoms with E-state index < -0.39 is 11.6 Å². The molecule has 1 aromatic carbocycles. The lowest BCUT2D eigenvalue weighted by Crippen LogP contribution is -2.40. The number of nitrogen functional groups attached to an aromatic ring is 1. The summed E-state index contributed by atoms with van der Waals surface area (Å²) in [4.78, 5) is 31.9. The summed E-state index contributed by atoms with van der Waals surface area (Å²) in [6, 6.07) is 2.33. The number of hydrogen-bond donors (Lipinski definition) is 1. The number of rotatable bonds is 3. The normalized spacial score (nSPS) is 19.4. The third-order valence-electron chi connectivity index (χ3n) is 8.67. The molecule has 0 bridgehead atoms. The van der Waals surface area contributed by atoms with Crippen molar-refractivity contribution in [2.75, 3.05) is 49.9 Å². The molecule has 3 aliphatic heterocycles. The lowest BCUT2D eigenvalue weighted by Gasteiger charge is -2.27. The molecule has 3 aliphatic rings. The van der Waals surface area contributed by atoms with Crippen molar-refractivity contribution in [3.63, 3.8) is 0 Å². The fourth-order valence-corrected chi connectivity index (χ4v) is 7.45. The standard InChI is InChI=1S/C29H28F2N8O2S/c1-15(40)37-4-2-5-38(8-7-37)16-3-6-39(12-16)29-35-10-18-19-13-41-14-20(19)22(24(31)25(18)36-29)26-23-17(9-32)28(33)42-27(23)21(30)11-34-26/h10-11,16H,2-8,12-14,33H2,1H3/t16-/m1/s1. The average molecular weight is 591 g/mol. The number of carbonyl (C=O) groups excluding carboxylic acids is 1. The molecule has 4 aromatic rings. The average Bonchev–Trinajstić information content (AvgIpc) is 3.69. The molecule has 7 rings (SSSR count). The Morgan fingerprint density at radius 3 is 2.79 bits per heavy atom. The van der Waals surface area contributed by atoms with Crippen molar-refractivity contribution in [3.05, 3.63) is 40.7 Å². The second-order valence-electron chi connectivity index (χ2n) is 11.0. The minimum absolute atomic E-state index is 0.0792. The number of benzene rings is 1. The van der Waals surface area contributed by atoms with Gasteiger partial charge in [-0.2, -0.15) is 5.26 Å². The van der Waals surface area contributed by atoms with Crippen molar-refractivity contribution in [1.82, 2.24) is 24.8 Å². The van der Waals surface area contributed by atoms with Gasteiger partial charge in [0.25, 0.3) is 0 Å². The molecular weight excluding hydrogens is 562 g/mol. The number of anilines is 2. The molecule has 42 heavy (non-hydrogen) atoms. The van der Waals surface area contributed by atoms with E-state index in [-0.39, 0.29) is 62.6 Å². The summed E-state index contributed by atoms with van der Waals surface area (Å²) < 4.78 is 37.2. The van der Waals surface area contributed by atoms with E-state index >= 15 is 4.39 Å². The van der Waals surface area contributed by atoms with E-state index in [1.54, 1.807) is 13.1 Å². The van der Waals surface area contributed by atoms with Crippen molar-refractivity contribution in [2.45, 2.75) is 39.0 Å². The van der Waals surface area contributed by atoms with Gasteiger partial charge in [-0.25, -0.2) is 18.7 Å². The Bertz CT molecular complexity index is 1800. The highest BCUT2D eigenvalue weighted by Crippen LogP contribution is 2.45. The minimum Gasteiger partial charge on any atom is -0.389 e. The van der Waals surface area contributed by atoms with Crippen LogP contribution in [0.1, 0.15) is 36.5 Å². The maximum atomic E-state index is 16.6. The fraction of sp³-hybridized carbons (Fsp3) is 0.414. The van der Waals surface area contributed by atoms with Crippen LogP contribution < -0.4 is 10.6 Å². The first-order valence-electron chi connectivity index (χ1n) is 13.9. The van der Waals surface area contributed by atoms with Crippen molar-refractivity contribution in [2.24, 2.45) is 0 Å². The highest BCUT2D eigenvalue weighted by atomic mass is 32.1. The number of aromatic nitrogens is 3. The zero-order valence-electron chi connectivity index (χ0n) is 23.0. The van der Waals surface area contributed by atoms with Crippen LogP contribution in [0.25, 0.3) is 32.2 Å². The number of carbonyl (C=O) groups is 1. The van der Waals surface area contributed by atoms with Crippen LogP contribution in [0.4, 0.5) is 19.7 Å². The van der Waals surface area contributed by atoms with E-state index in [0.29, 0.717) is 30.0 Å². The summed E-state index contributed by atoms with van der Waals surface area (Å²) in [6.45, 7) is 6.66. The third kappa shape index (κ3) is 4.24. The number of nitrogens with two attached hydrogens (primary N) is 1. The molecular formula is C29H28F2N8O2S. The molecule has 0 unspecified atom stereocenters. The van der Waals surface area contributed by atoms with Gasteiger partial charge in [0.15, 0.2) is 11.6 Å². The van der Waals surface area contributed by atoms with Gasteiger partial charge in [-0.1, -0.05) is 0 Å². The van der Waals surface area contributed by atoms with Gasteiger partial charge in [0, 0.05) is 74.8 Å². The third-order valence-corrected chi connectivity index (χ3v) is 9.70. The fourth-order valence-electron chi connectivity index (χ4n) is 6.53. The Morgan fingerprint density at radius 1 is 1.14 bits per heavy atom. The van der Waals surface area contributed by atoms with Crippen LogP contribution in [0.3, 0.4) is 0 Å². The molecule has 1 amide bonds. The predicted octanol–water partition coefficient (Wildman–Crippen LogP) is 3.80. The van der Waals surface area contributed by atoms with E-state index in [9.17, 15) is 14.4 Å². The molecule has 1 atom stereocenters. The van der Waals surface area contributed by atoms with Gasteiger partial charge in [0.1, 0.15) is 16.6 Å². The Balaban J connectivity index is 1.28. The summed E-state index contributed by atoms with van der Waals surface area (Å²) in [5.41, 5.74) is 7.91. The Labute approximate surface area is 244 Å². The lowest BCUT2D eigenvalue weighted by molar-refractivity contribution is -0.128. The molecule has 0 spiro atoms. The first-order valence-corrected chi connectivity index (χ1v) is 14.8. The van der Waals surface area contributed by atoms with Gasteiger partial charge in [-0.3, -0.25) is 14.7 Å². The molecule has 2 saturated heterocycles. The van der Waals surface area contributed by atoms with E-state index in [1.165, 1.54) is 0 Å². The minimum atomic E-state index is -0.618. The number of thiophene rings is 1. The molecule has 10 nitrogen and oxygen atoms in total. The Hall–Kier alpha value is -3.99. The maximum absolute atomic E-state index is 16.6. The summed E-state index contributed by atoms with van der Waals surface area (Å²) in [5, 5.41) is 10.7. The first kappa shape index (κ1) is 26.9. The highest BCUT2D eigenvalue weighted by Gasteiger charge is 2.33. The summed E-state index contributed by atoms with van der Waals surface area (Å²) >= 11 is 0.946. The van der Waals surface area contributed by atoms with Crippen LogP contribution in [-0.4, -0.2) is 76.0 Å². The number of pyridine rings is 1. The van der Waals surface area contributed by atoms with Gasteiger partial charge in [-0.05, 0) is 24.0 Å². The number of hydrogen-bond acceptors (Lipinski definition) is 10. The molecule has 2 N–H and O–H groups in total. The Morgan fingerprint density at radius 2 is 1.98 bits per heavy atom. The van der Waals surface area contributed by atoms with E-state index in [1.807, 2.05) is 11.0 Å². The molecule has 0 aliphatic carbocycles. The number of amides is 1. The van der Waals surface area contributed by atoms with E-state index in [2.05, 4.69) is 19.8 Å². The number of nitriles is 1. The van der Waals surface area contributed by atoms with Crippen molar-refractivity contribution in [3.8, 4) is 17.3 Å². The molecule has 2 fully saturated rings. The number of ether oxygens (including phenoxy) is 1. The maximum Gasteiger partial charge on any atom is 0.226 e. The quantitative estimate of drug-likeness (QED) is 0.379. The zero-order chi connectivity index (χ0) is 29.1. The smallest absolute Gasteiger partial charge is 0.226 e. The number of nitrogens with zero attached hydrogens (tertiary/aromatic N) is 7. The van der Waals surface area contributed by atoms with Gasteiger partial charge in [0.2, 0.25) is 11.9 Å². The van der Waals surface area contributed by atoms with Crippen LogP contribution in [0.5, 0.6) is 0 Å². The molecule has 6 heterocycles.